The van der Waals surface area contributed by atoms with Crippen molar-refractivity contribution in [2.45, 2.75) is 18.9 Å². The maximum absolute atomic E-state index is 10.8. The molecule has 6 nitrogen and oxygen atoms in total. The Labute approximate surface area is 82.3 Å². The molecule has 0 spiro atoms. The molecule has 4 N–H and O–H groups in total. The van der Waals surface area contributed by atoms with E-state index in [4.69, 9.17) is 15.9 Å². The largest absolute Gasteiger partial charge is 0.480 e. The average molecular weight is 204 g/mol. The van der Waals surface area contributed by atoms with E-state index in [1.54, 1.807) is 7.05 Å². The van der Waals surface area contributed by atoms with Gasteiger partial charge in [0.15, 0.2) is 0 Å². The van der Waals surface area contributed by atoms with Gasteiger partial charge in [0.2, 0.25) is 5.91 Å². The van der Waals surface area contributed by atoms with Crippen molar-refractivity contribution in [3.8, 4) is 0 Å². The lowest BCUT2D eigenvalue weighted by Gasteiger charge is -2.23. The number of carboxylic acid groups (broad SMARTS) is 1. The number of carboxylic acids is 1. The van der Waals surface area contributed by atoms with Crippen LogP contribution in [0.25, 0.3) is 0 Å². The molecule has 6 heteroatoms. The van der Waals surface area contributed by atoms with Crippen LogP contribution in [0.5, 0.6) is 0 Å². The van der Waals surface area contributed by atoms with Gasteiger partial charge >= 0.3 is 5.97 Å². The van der Waals surface area contributed by atoms with Crippen molar-refractivity contribution in [2.75, 3.05) is 20.2 Å². The van der Waals surface area contributed by atoms with Crippen molar-refractivity contribution >= 4 is 11.9 Å². The summed E-state index contributed by atoms with van der Waals surface area (Å²) < 4.78 is 0. The van der Waals surface area contributed by atoms with Gasteiger partial charge in [0.05, 0.1) is 6.61 Å². The maximum Gasteiger partial charge on any atom is 0.320 e. The van der Waals surface area contributed by atoms with Crippen molar-refractivity contribution in [3.63, 3.8) is 0 Å². The molecule has 0 aliphatic heterocycles. The van der Waals surface area contributed by atoms with Crippen LogP contribution >= 0.6 is 0 Å². The first-order valence-corrected chi connectivity index (χ1v) is 4.31. The fourth-order valence-electron chi connectivity index (χ4n) is 1.12. The molecule has 0 aromatic rings. The number of likely N-dealkylation sites (N-methyl/N-ethyl adjacent to an activating group) is 1. The molecule has 0 unspecified atom stereocenters. The lowest BCUT2D eigenvalue weighted by molar-refractivity contribution is -0.143. The third kappa shape index (κ3) is 4.78. The molecule has 1 amide bonds. The molecule has 0 aliphatic carbocycles. The van der Waals surface area contributed by atoms with Gasteiger partial charge in [0.1, 0.15) is 6.04 Å². The number of carbonyl (C=O) groups excluding carboxylic acids is 1. The highest BCUT2D eigenvalue weighted by atomic mass is 16.4. The van der Waals surface area contributed by atoms with E-state index in [0.717, 1.165) is 0 Å². The number of aliphatic carboxylic acids is 1. The van der Waals surface area contributed by atoms with Gasteiger partial charge in [0, 0.05) is 13.0 Å². The summed E-state index contributed by atoms with van der Waals surface area (Å²) in [5.41, 5.74) is 4.92. The number of primary amides is 1. The Morgan fingerprint density at radius 2 is 2.07 bits per heavy atom. The summed E-state index contributed by atoms with van der Waals surface area (Å²) >= 11 is 0. The van der Waals surface area contributed by atoms with Crippen LogP contribution in [0.2, 0.25) is 0 Å². The first-order chi connectivity index (χ1) is 6.49. The quantitative estimate of drug-likeness (QED) is 0.474. The van der Waals surface area contributed by atoms with Crippen molar-refractivity contribution in [1.29, 1.82) is 0 Å². The molecule has 0 aliphatic rings. The van der Waals surface area contributed by atoms with Gasteiger partial charge in [0.25, 0.3) is 0 Å². The SMILES string of the molecule is CN(CCO)[C@@H](CCC(N)=O)C(=O)O. The number of hydrogen-bond acceptors (Lipinski definition) is 4. The Hall–Kier alpha value is -1.14. The molecule has 0 rings (SSSR count). The molecular weight excluding hydrogens is 188 g/mol. The van der Waals surface area contributed by atoms with Gasteiger partial charge in [-0.2, -0.15) is 0 Å². The fourth-order valence-corrected chi connectivity index (χ4v) is 1.12. The Morgan fingerprint density at radius 1 is 1.50 bits per heavy atom. The maximum atomic E-state index is 10.8. The molecule has 0 fully saturated rings. The van der Waals surface area contributed by atoms with E-state index in [-0.39, 0.29) is 26.0 Å². The second-order valence-corrected chi connectivity index (χ2v) is 3.06. The van der Waals surface area contributed by atoms with Crippen molar-refractivity contribution < 1.29 is 19.8 Å². The normalized spacial score (nSPS) is 12.8. The number of amides is 1. The first-order valence-electron chi connectivity index (χ1n) is 4.31. The summed E-state index contributed by atoms with van der Waals surface area (Å²) in [5, 5.41) is 17.4. The van der Waals surface area contributed by atoms with E-state index >= 15 is 0 Å². The topological polar surface area (TPSA) is 104 Å². The molecule has 14 heavy (non-hydrogen) atoms. The molecule has 0 aromatic carbocycles. The zero-order chi connectivity index (χ0) is 11.1. The lowest BCUT2D eigenvalue weighted by atomic mass is 10.1. The zero-order valence-electron chi connectivity index (χ0n) is 8.14. The van der Waals surface area contributed by atoms with Crippen LogP contribution in [0.3, 0.4) is 0 Å². The fraction of sp³-hybridized carbons (Fsp3) is 0.750. The van der Waals surface area contributed by atoms with Crippen molar-refractivity contribution in [3.05, 3.63) is 0 Å². The number of aliphatic hydroxyl groups excluding tert-OH is 1. The van der Waals surface area contributed by atoms with E-state index < -0.39 is 17.9 Å². The molecule has 0 heterocycles. The Balaban J connectivity index is 4.14. The average Bonchev–Trinajstić information content (AvgIpc) is 2.03. The van der Waals surface area contributed by atoms with Crippen LogP contribution in [0.4, 0.5) is 0 Å². The molecule has 0 saturated heterocycles. The summed E-state index contributed by atoms with van der Waals surface area (Å²) in [6.07, 6.45) is 0.202. The standard InChI is InChI=1S/C8H16N2O4/c1-10(4-5-11)6(8(13)14)2-3-7(9)12/h6,11H,2-5H2,1H3,(H2,9,12)(H,13,14)/t6-/m0/s1. The van der Waals surface area contributed by atoms with Gasteiger partial charge in [-0.25, -0.2) is 0 Å². The van der Waals surface area contributed by atoms with E-state index in [1.807, 2.05) is 0 Å². The van der Waals surface area contributed by atoms with E-state index in [2.05, 4.69) is 0 Å². The second kappa shape index (κ2) is 6.33. The van der Waals surface area contributed by atoms with Crippen molar-refractivity contribution in [2.24, 2.45) is 5.73 Å². The van der Waals surface area contributed by atoms with Crippen LogP contribution in [0.15, 0.2) is 0 Å². The number of nitrogens with two attached hydrogens (primary N) is 1. The van der Waals surface area contributed by atoms with Crippen LogP contribution in [-0.2, 0) is 9.59 Å². The lowest BCUT2D eigenvalue weighted by Crippen LogP contribution is -2.40. The monoisotopic (exact) mass is 204 g/mol. The minimum Gasteiger partial charge on any atom is -0.480 e. The predicted octanol–water partition coefficient (Wildman–Crippen LogP) is -1.37. The minimum absolute atomic E-state index is 0.0345. The smallest absolute Gasteiger partial charge is 0.320 e. The summed E-state index contributed by atoms with van der Waals surface area (Å²) in [5.74, 6) is -1.53. The van der Waals surface area contributed by atoms with E-state index in [1.165, 1.54) is 4.90 Å². The highest BCUT2D eigenvalue weighted by Crippen LogP contribution is 2.04. The Bertz CT molecular complexity index is 208. The number of rotatable bonds is 7. The van der Waals surface area contributed by atoms with Gasteiger partial charge in [-0.15, -0.1) is 0 Å². The van der Waals surface area contributed by atoms with E-state index in [9.17, 15) is 9.59 Å². The number of carbonyl (C=O) groups is 2. The molecule has 82 valence electrons. The van der Waals surface area contributed by atoms with E-state index in [0.29, 0.717) is 0 Å². The zero-order valence-corrected chi connectivity index (χ0v) is 8.14. The molecular formula is C8H16N2O4. The minimum atomic E-state index is -1.01. The molecule has 0 aromatic heterocycles. The van der Waals surface area contributed by atoms with Gasteiger partial charge in [-0.05, 0) is 13.5 Å². The van der Waals surface area contributed by atoms with Crippen LogP contribution < -0.4 is 5.73 Å². The number of hydrogen-bond donors (Lipinski definition) is 3. The third-order valence-corrected chi connectivity index (χ3v) is 1.93. The summed E-state index contributed by atoms with van der Waals surface area (Å²) in [6.45, 7) is 0.145. The second-order valence-electron chi connectivity index (χ2n) is 3.06. The van der Waals surface area contributed by atoms with Crippen molar-refractivity contribution in [1.82, 2.24) is 4.90 Å². The molecule has 0 radical (unpaired) electrons. The first kappa shape index (κ1) is 12.9. The molecule has 0 bridgehead atoms. The van der Waals surface area contributed by atoms with Crippen LogP contribution in [0.1, 0.15) is 12.8 Å². The van der Waals surface area contributed by atoms with Gasteiger partial charge in [-0.3, -0.25) is 14.5 Å². The third-order valence-electron chi connectivity index (χ3n) is 1.93. The summed E-state index contributed by atoms with van der Waals surface area (Å²) in [7, 11) is 1.58. The molecule has 0 saturated carbocycles. The summed E-state index contributed by atoms with van der Waals surface area (Å²) in [4.78, 5) is 22.7. The predicted molar refractivity (Wildman–Crippen MR) is 49.6 cm³/mol. The van der Waals surface area contributed by atoms with Gasteiger partial charge < -0.3 is 15.9 Å². The summed E-state index contributed by atoms with van der Waals surface area (Å²) in [6, 6.07) is -0.769. The Morgan fingerprint density at radius 3 is 2.43 bits per heavy atom. The molecule has 1 atom stereocenters. The van der Waals surface area contributed by atoms with Crippen LogP contribution in [-0.4, -0.2) is 53.2 Å². The number of aliphatic hydroxyl groups is 1. The highest BCUT2D eigenvalue weighted by Gasteiger charge is 2.22. The number of nitrogens with zero attached hydrogens (tertiary/aromatic N) is 1. The highest BCUT2D eigenvalue weighted by molar-refractivity contribution is 5.77. The van der Waals surface area contributed by atoms with Crippen LogP contribution in [0, 0.1) is 0 Å². The Kier molecular flexibility index (Phi) is 5.82. The van der Waals surface area contributed by atoms with Gasteiger partial charge in [-0.1, -0.05) is 0 Å².